The first-order valence-electron chi connectivity index (χ1n) is 10.3. The second-order valence-corrected chi connectivity index (χ2v) is 9.71. The number of carbonyl (C=O) groups excluding carboxylic acids is 1. The molecular formula is C24H21ClIN5O2S. The van der Waals surface area contributed by atoms with Gasteiger partial charge in [-0.1, -0.05) is 41.6 Å². The van der Waals surface area contributed by atoms with E-state index in [1.807, 2.05) is 59.2 Å². The number of aromatic nitrogens is 3. The molecule has 0 aliphatic heterocycles. The Kier molecular flexibility index (Phi) is 8.30. The number of nitrogens with one attached hydrogen (secondary N) is 2. The number of hydrogen-bond donors (Lipinski definition) is 2. The standard InChI is InChI=1S/C24H21ClIN5O2S/c1-33-21-13-18(11-12-20(21)25)28-23(32)15-34-24-30-29-22(31(24)19-5-3-2-4-6-19)14-27-17-9-7-16(26)8-10-17/h2-13,27H,14-15H2,1H3,(H,28,32). The third-order valence-corrected chi connectivity index (χ3v) is 6.74. The molecule has 0 aliphatic rings. The minimum atomic E-state index is -0.171. The zero-order valence-electron chi connectivity index (χ0n) is 18.2. The fourth-order valence-electron chi connectivity index (χ4n) is 3.16. The van der Waals surface area contributed by atoms with Crippen LogP contribution in [0.5, 0.6) is 5.75 Å². The average Bonchev–Trinajstić information content (AvgIpc) is 3.27. The van der Waals surface area contributed by atoms with Crippen LogP contribution in [0, 0.1) is 3.57 Å². The molecule has 7 nitrogen and oxygen atoms in total. The maximum absolute atomic E-state index is 12.6. The molecule has 1 heterocycles. The number of rotatable bonds is 9. The number of halogens is 2. The Balaban J connectivity index is 1.47. The molecule has 0 fully saturated rings. The summed E-state index contributed by atoms with van der Waals surface area (Å²) in [5.74, 6) is 1.24. The van der Waals surface area contributed by atoms with Crippen LogP contribution < -0.4 is 15.4 Å². The van der Waals surface area contributed by atoms with Gasteiger partial charge in [-0.15, -0.1) is 10.2 Å². The molecule has 4 aromatic rings. The molecule has 3 aromatic carbocycles. The van der Waals surface area contributed by atoms with E-state index in [0.29, 0.717) is 28.2 Å². The van der Waals surface area contributed by atoms with Crippen molar-refractivity contribution in [1.29, 1.82) is 0 Å². The summed E-state index contributed by atoms with van der Waals surface area (Å²) in [6, 6.07) is 23.1. The third-order valence-electron chi connectivity index (χ3n) is 4.78. The average molecular weight is 606 g/mol. The lowest BCUT2D eigenvalue weighted by atomic mass is 10.3. The summed E-state index contributed by atoms with van der Waals surface area (Å²) in [6.45, 7) is 0.486. The maximum atomic E-state index is 12.6. The molecule has 174 valence electrons. The Morgan fingerprint density at radius 2 is 1.79 bits per heavy atom. The van der Waals surface area contributed by atoms with E-state index in [4.69, 9.17) is 16.3 Å². The highest BCUT2D eigenvalue weighted by Gasteiger charge is 2.16. The topological polar surface area (TPSA) is 81.1 Å². The van der Waals surface area contributed by atoms with Gasteiger partial charge < -0.3 is 15.4 Å². The highest BCUT2D eigenvalue weighted by atomic mass is 127. The van der Waals surface area contributed by atoms with E-state index < -0.39 is 0 Å². The Hall–Kier alpha value is -2.76. The number of para-hydroxylation sites is 1. The van der Waals surface area contributed by atoms with Crippen LogP contribution in [0.25, 0.3) is 5.69 Å². The summed E-state index contributed by atoms with van der Waals surface area (Å²) in [5, 5.41) is 16.1. The number of methoxy groups -OCH3 is 1. The van der Waals surface area contributed by atoms with Crippen LogP contribution >= 0.6 is 46.0 Å². The van der Waals surface area contributed by atoms with Crippen molar-refractivity contribution in [2.75, 3.05) is 23.5 Å². The number of carbonyl (C=O) groups is 1. The molecule has 0 bridgehead atoms. The van der Waals surface area contributed by atoms with Crippen molar-refractivity contribution in [3.63, 3.8) is 0 Å². The van der Waals surface area contributed by atoms with Gasteiger partial charge in [-0.05, 0) is 71.1 Å². The second-order valence-electron chi connectivity index (χ2n) is 7.12. The number of thioether (sulfide) groups is 1. The van der Waals surface area contributed by atoms with Crippen molar-refractivity contribution in [1.82, 2.24) is 14.8 Å². The predicted molar refractivity (Wildman–Crippen MR) is 145 cm³/mol. The van der Waals surface area contributed by atoms with Crippen molar-refractivity contribution in [2.45, 2.75) is 11.7 Å². The molecule has 0 saturated heterocycles. The minimum absolute atomic E-state index is 0.167. The molecule has 2 N–H and O–H groups in total. The van der Waals surface area contributed by atoms with E-state index in [1.54, 1.807) is 18.2 Å². The number of amides is 1. The zero-order valence-corrected chi connectivity index (χ0v) is 21.9. The molecule has 0 saturated carbocycles. The number of nitrogens with zero attached hydrogens (tertiary/aromatic N) is 3. The summed E-state index contributed by atoms with van der Waals surface area (Å²) in [6.07, 6.45) is 0. The van der Waals surface area contributed by atoms with Crippen molar-refractivity contribution in [3.8, 4) is 11.4 Å². The fourth-order valence-corrected chi connectivity index (χ4v) is 4.48. The largest absolute Gasteiger partial charge is 0.495 e. The summed E-state index contributed by atoms with van der Waals surface area (Å²) in [7, 11) is 1.53. The van der Waals surface area contributed by atoms with E-state index >= 15 is 0 Å². The van der Waals surface area contributed by atoms with Crippen LogP contribution in [-0.2, 0) is 11.3 Å². The normalized spacial score (nSPS) is 10.7. The van der Waals surface area contributed by atoms with Crippen LogP contribution in [0.3, 0.4) is 0 Å². The molecule has 34 heavy (non-hydrogen) atoms. The zero-order chi connectivity index (χ0) is 23.9. The van der Waals surface area contributed by atoms with Crippen molar-refractivity contribution >= 4 is 63.2 Å². The minimum Gasteiger partial charge on any atom is -0.495 e. The van der Waals surface area contributed by atoms with Crippen LogP contribution in [0.15, 0.2) is 78.0 Å². The lowest BCUT2D eigenvalue weighted by molar-refractivity contribution is -0.113. The molecule has 0 unspecified atom stereocenters. The van der Waals surface area contributed by atoms with Crippen LogP contribution in [-0.4, -0.2) is 33.5 Å². The van der Waals surface area contributed by atoms with Gasteiger partial charge in [-0.3, -0.25) is 9.36 Å². The van der Waals surface area contributed by atoms with E-state index in [2.05, 4.69) is 43.4 Å². The first kappa shape index (κ1) is 24.4. The molecule has 0 atom stereocenters. The number of benzene rings is 3. The van der Waals surface area contributed by atoms with Gasteiger partial charge in [0.15, 0.2) is 11.0 Å². The van der Waals surface area contributed by atoms with Gasteiger partial charge in [0.1, 0.15) is 5.75 Å². The van der Waals surface area contributed by atoms with Crippen molar-refractivity contribution in [2.24, 2.45) is 0 Å². The molecule has 0 spiro atoms. The van der Waals surface area contributed by atoms with Gasteiger partial charge in [0.25, 0.3) is 0 Å². The second kappa shape index (κ2) is 11.6. The van der Waals surface area contributed by atoms with Gasteiger partial charge in [-0.2, -0.15) is 0 Å². The van der Waals surface area contributed by atoms with Crippen molar-refractivity contribution < 1.29 is 9.53 Å². The van der Waals surface area contributed by atoms with Crippen LogP contribution in [0.4, 0.5) is 11.4 Å². The molecule has 10 heteroatoms. The maximum Gasteiger partial charge on any atom is 0.234 e. The molecule has 0 aliphatic carbocycles. The SMILES string of the molecule is COc1cc(NC(=O)CSc2nnc(CNc3ccc(I)cc3)n2-c2ccccc2)ccc1Cl. The summed E-state index contributed by atoms with van der Waals surface area (Å²) in [4.78, 5) is 12.6. The van der Waals surface area contributed by atoms with Crippen LogP contribution in [0.2, 0.25) is 5.02 Å². The monoisotopic (exact) mass is 605 g/mol. The van der Waals surface area contributed by atoms with Crippen molar-refractivity contribution in [3.05, 3.63) is 87.2 Å². The Labute approximate surface area is 220 Å². The fraction of sp³-hybridized carbons (Fsp3) is 0.125. The summed E-state index contributed by atoms with van der Waals surface area (Å²) in [5.41, 5.74) is 2.53. The van der Waals surface area contributed by atoms with E-state index in [9.17, 15) is 4.79 Å². The predicted octanol–water partition coefficient (Wildman–Crippen LogP) is 5.88. The number of hydrogen-bond acceptors (Lipinski definition) is 6. The van der Waals surface area contributed by atoms with E-state index in [-0.39, 0.29) is 11.7 Å². The third kappa shape index (κ3) is 6.22. The number of anilines is 2. The first-order chi connectivity index (χ1) is 16.5. The molecular weight excluding hydrogens is 585 g/mol. The Morgan fingerprint density at radius 1 is 1.06 bits per heavy atom. The molecule has 0 radical (unpaired) electrons. The molecule has 1 aromatic heterocycles. The lowest BCUT2D eigenvalue weighted by Gasteiger charge is -2.12. The Morgan fingerprint density at radius 3 is 2.53 bits per heavy atom. The van der Waals surface area contributed by atoms with E-state index in [0.717, 1.165) is 17.2 Å². The number of ether oxygens (including phenoxy) is 1. The summed E-state index contributed by atoms with van der Waals surface area (Å²) < 4.78 is 8.34. The van der Waals surface area contributed by atoms with Gasteiger partial charge in [0.2, 0.25) is 5.91 Å². The highest BCUT2D eigenvalue weighted by molar-refractivity contribution is 14.1. The first-order valence-corrected chi connectivity index (χ1v) is 12.7. The van der Waals surface area contributed by atoms with E-state index in [1.165, 1.54) is 22.4 Å². The molecule has 4 rings (SSSR count). The molecule has 1 amide bonds. The van der Waals surface area contributed by atoms with Gasteiger partial charge in [0, 0.05) is 26.7 Å². The smallest absolute Gasteiger partial charge is 0.234 e. The summed E-state index contributed by atoms with van der Waals surface area (Å²) >= 11 is 9.65. The van der Waals surface area contributed by atoms with Crippen LogP contribution in [0.1, 0.15) is 5.82 Å². The highest BCUT2D eigenvalue weighted by Crippen LogP contribution is 2.28. The quantitative estimate of drug-likeness (QED) is 0.183. The Bertz CT molecular complexity index is 1270. The van der Waals surface area contributed by atoms with Gasteiger partial charge >= 0.3 is 0 Å². The lowest BCUT2D eigenvalue weighted by Crippen LogP contribution is -2.15. The van der Waals surface area contributed by atoms with Gasteiger partial charge in [-0.25, -0.2) is 0 Å². The van der Waals surface area contributed by atoms with Gasteiger partial charge in [0.05, 0.1) is 24.4 Å².